The summed E-state index contributed by atoms with van der Waals surface area (Å²) in [4.78, 5) is 15.9. The minimum Gasteiger partial charge on any atom is -0.490 e. The van der Waals surface area contributed by atoms with Crippen LogP contribution in [0.15, 0.2) is 29.8 Å². The minimum absolute atomic E-state index is 0.0681. The predicted molar refractivity (Wildman–Crippen MR) is 98.7 cm³/mol. The molecule has 0 saturated carbocycles. The number of rotatable bonds is 5. The van der Waals surface area contributed by atoms with Crippen LogP contribution in [0.25, 0.3) is 4.96 Å². The molecule has 3 aromatic rings. The highest BCUT2D eigenvalue weighted by Gasteiger charge is 2.24. The SMILES string of the molecule is Cc1cc(Nc2nc3sccn3c2[N+](=O)[O-])ccc1OC1CCOCC1. The molecule has 1 fully saturated rings. The van der Waals surface area contributed by atoms with E-state index in [1.165, 1.54) is 15.7 Å². The largest absolute Gasteiger partial charge is 0.490 e. The molecule has 1 N–H and O–H groups in total. The maximum atomic E-state index is 11.4. The second kappa shape index (κ2) is 6.93. The Kier molecular flexibility index (Phi) is 4.48. The third-order valence-electron chi connectivity index (χ3n) is 4.31. The molecule has 1 saturated heterocycles. The van der Waals surface area contributed by atoms with Crippen molar-refractivity contribution in [1.82, 2.24) is 9.38 Å². The van der Waals surface area contributed by atoms with E-state index >= 15 is 0 Å². The number of hydrogen-bond donors (Lipinski definition) is 1. The Hall–Kier alpha value is -2.65. The van der Waals surface area contributed by atoms with Crippen LogP contribution >= 0.6 is 11.3 Å². The van der Waals surface area contributed by atoms with E-state index in [0.29, 0.717) is 4.96 Å². The van der Waals surface area contributed by atoms with E-state index in [9.17, 15) is 10.1 Å². The topological polar surface area (TPSA) is 90.9 Å². The number of imidazole rings is 1. The van der Waals surface area contributed by atoms with Crippen molar-refractivity contribution < 1.29 is 14.4 Å². The molecule has 4 rings (SSSR count). The molecule has 136 valence electrons. The van der Waals surface area contributed by atoms with Gasteiger partial charge in [-0.3, -0.25) is 0 Å². The van der Waals surface area contributed by atoms with Crippen LogP contribution in [0.1, 0.15) is 18.4 Å². The van der Waals surface area contributed by atoms with Gasteiger partial charge < -0.3 is 24.9 Å². The van der Waals surface area contributed by atoms with E-state index in [1.54, 1.807) is 11.6 Å². The molecule has 1 aromatic carbocycles. The van der Waals surface area contributed by atoms with Crippen LogP contribution in [0.4, 0.5) is 17.3 Å². The molecule has 1 aliphatic heterocycles. The number of aryl methyl sites for hydroxylation is 1. The second-order valence-electron chi connectivity index (χ2n) is 6.13. The van der Waals surface area contributed by atoms with Crippen LogP contribution in [0.2, 0.25) is 0 Å². The fourth-order valence-electron chi connectivity index (χ4n) is 3.00. The van der Waals surface area contributed by atoms with Crippen molar-refractivity contribution in [3.8, 4) is 5.75 Å². The summed E-state index contributed by atoms with van der Waals surface area (Å²) in [6, 6.07) is 5.64. The number of benzene rings is 1. The molecular weight excluding hydrogens is 356 g/mol. The Morgan fingerprint density at radius 1 is 1.42 bits per heavy atom. The molecule has 0 bridgehead atoms. The molecule has 0 aliphatic carbocycles. The highest BCUT2D eigenvalue weighted by molar-refractivity contribution is 7.15. The Morgan fingerprint density at radius 2 is 2.23 bits per heavy atom. The lowest BCUT2D eigenvalue weighted by Crippen LogP contribution is -2.26. The number of nitro groups is 1. The third-order valence-corrected chi connectivity index (χ3v) is 5.07. The lowest BCUT2D eigenvalue weighted by Gasteiger charge is -2.24. The average Bonchev–Trinajstić information content (AvgIpc) is 3.18. The van der Waals surface area contributed by atoms with Crippen LogP contribution in [-0.4, -0.2) is 33.6 Å². The molecule has 0 unspecified atom stereocenters. The van der Waals surface area contributed by atoms with Crippen molar-refractivity contribution >= 4 is 33.6 Å². The summed E-state index contributed by atoms with van der Waals surface area (Å²) < 4.78 is 12.9. The van der Waals surface area contributed by atoms with Crippen molar-refractivity contribution in [2.75, 3.05) is 18.5 Å². The van der Waals surface area contributed by atoms with Gasteiger partial charge in [-0.2, -0.15) is 9.38 Å². The zero-order valence-corrected chi connectivity index (χ0v) is 15.0. The summed E-state index contributed by atoms with van der Waals surface area (Å²) in [6.07, 6.45) is 3.59. The van der Waals surface area contributed by atoms with Crippen LogP contribution in [-0.2, 0) is 4.74 Å². The normalized spacial score (nSPS) is 15.3. The zero-order chi connectivity index (χ0) is 18.1. The van der Waals surface area contributed by atoms with Crippen LogP contribution in [0.3, 0.4) is 0 Å². The quantitative estimate of drug-likeness (QED) is 0.538. The first kappa shape index (κ1) is 16.8. The van der Waals surface area contributed by atoms with E-state index in [-0.39, 0.29) is 17.7 Å². The first-order chi connectivity index (χ1) is 12.6. The molecule has 9 heteroatoms. The zero-order valence-electron chi connectivity index (χ0n) is 14.2. The van der Waals surface area contributed by atoms with Gasteiger partial charge in [0.25, 0.3) is 4.96 Å². The lowest BCUT2D eigenvalue weighted by atomic mass is 10.1. The fourth-order valence-corrected chi connectivity index (χ4v) is 3.71. The Morgan fingerprint density at radius 3 is 2.96 bits per heavy atom. The van der Waals surface area contributed by atoms with Gasteiger partial charge >= 0.3 is 5.82 Å². The Balaban J connectivity index is 1.55. The number of ether oxygens (including phenoxy) is 2. The highest BCUT2D eigenvalue weighted by atomic mass is 32.1. The van der Waals surface area contributed by atoms with Gasteiger partial charge in [-0.1, -0.05) is 11.3 Å². The van der Waals surface area contributed by atoms with Gasteiger partial charge in [0.15, 0.2) is 0 Å². The van der Waals surface area contributed by atoms with Crippen LogP contribution in [0, 0.1) is 17.0 Å². The van der Waals surface area contributed by atoms with Crippen molar-refractivity contribution in [2.45, 2.75) is 25.9 Å². The van der Waals surface area contributed by atoms with Gasteiger partial charge in [0, 0.05) is 23.9 Å². The highest BCUT2D eigenvalue weighted by Crippen LogP contribution is 2.32. The van der Waals surface area contributed by atoms with E-state index in [4.69, 9.17) is 9.47 Å². The molecule has 8 nitrogen and oxygen atoms in total. The number of anilines is 2. The van der Waals surface area contributed by atoms with Gasteiger partial charge in [-0.05, 0) is 35.6 Å². The first-order valence-corrected chi connectivity index (χ1v) is 9.22. The summed E-state index contributed by atoms with van der Waals surface area (Å²) >= 11 is 1.35. The molecule has 0 radical (unpaired) electrons. The molecule has 3 heterocycles. The van der Waals surface area contributed by atoms with Crippen molar-refractivity contribution in [2.24, 2.45) is 0 Å². The molecule has 2 aromatic heterocycles. The van der Waals surface area contributed by atoms with Gasteiger partial charge in [0.1, 0.15) is 18.1 Å². The van der Waals surface area contributed by atoms with E-state index in [0.717, 1.165) is 43.1 Å². The monoisotopic (exact) mass is 374 g/mol. The molecule has 0 spiro atoms. The number of fused-ring (bicyclic) bond motifs is 1. The maximum absolute atomic E-state index is 11.4. The number of nitrogens with one attached hydrogen (secondary N) is 1. The van der Waals surface area contributed by atoms with Crippen LogP contribution < -0.4 is 10.1 Å². The maximum Gasteiger partial charge on any atom is 0.373 e. The molecule has 0 amide bonds. The summed E-state index contributed by atoms with van der Waals surface area (Å²) in [7, 11) is 0. The van der Waals surface area contributed by atoms with Crippen LogP contribution in [0.5, 0.6) is 5.75 Å². The minimum atomic E-state index is -0.426. The number of hydrogen-bond acceptors (Lipinski definition) is 7. The summed E-state index contributed by atoms with van der Waals surface area (Å²) in [6.45, 7) is 3.41. The lowest BCUT2D eigenvalue weighted by molar-refractivity contribution is -0.389. The number of aromatic nitrogens is 2. The summed E-state index contributed by atoms with van der Waals surface area (Å²) in [5.41, 5.74) is 1.70. The van der Waals surface area contributed by atoms with Gasteiger partial charge in [0.2, 0.25) is 5.82 Å². The van der Waals surface area contributed by atoms with Crippen molar-refractivity contribution in [1.29, 1.82) is 0 Å². The Bertz CT molecular complexity index is 946. The molecular formula is C17H18N4O4S. The van der Waals surface area contributed by atoms with Gasteiger partial charge in [0.05, 0.1) is 13.2 Å². The summed E-state index contributed by atoms with van der Waals surface area (Å²) in [5.74, 6) is 0.989. The van der Waals surface area contributed by atoms with E-state index in [2.05, 4.69) is 10.3 Å². The van der Waals surface area contributed by atoms with Crippen molar-refractivity contribution in [3.63, 3.8) is 0 Å². The standard InChI is InChI=1S/C17H18N4O4S/c1-11-10-12(2-3-14(11)25-13-4-7-24-8-5-13)18-15-16(21(22)23)20-6-9-26-17(20)19-15/h2-3,6,9-10,13,18H,4-5,7-8H2,1H3. The second-order valence-corrected chi connectivity index (χ2v) is 7.00. The summed E-state index contributed by atoms with van der Waals surface area (Å²) in [5, 5.41) is 16.2. The number of thiazole rings is 1. The first-order valence-electron chi connectivity index (χ1n) is 8.34. The van der Waals surface area contributed by atoms with Crippen molar-refractivity contribution in [3.05, 3.63) is 45.5 Å². The van der Waals surface area contributed by atoms with E-state index in [1.807, 2.05) is 25.1 Å². The fraction of sp³-hybridized carbons (Fsp3) is 0.353. The predicted octanol–water partition coefficient (Wildman–Crippen LogP) is 3.91. The Labute approximate surface area is 153 Å². The molecule has 1 aliphatic rings. The number of nitrogens with zero attached hydrogens (tertiary/aromatic N) is 3. The average molecular weight is 374 g/mol. The van der Waals surface area contributed by atoms with Gasteiger partial charge in [-0.15, -0.1) is 0 Å². The smallest absolute Gasteiger partial charge is 0.373 e. The molecule has 0 atom stereocenters. The molecule has 26 heavy (non-hydrogen) atoms. The third kappa shape index (κ3) is 3.23. The van der Waals surface area contributed by atoms with E-state index < -0.39 is 4.92 Å². The van der Waals surface area contributed by atoms with Gasteiger partial charge in [-0.25, -0.2) is 0 Å².